The van der Waals surface area contributed by atoms with Crippen LogP contribution in [0.2, 0.25) is 0 Å². The molecule has 0 aromatic heterocycles. The van der Waals surface area contributed by atoms with Crippen LogP contribution in [0.25, 0.3) is 11.6 Å². The second kappa shape index (κ2) is 6.46. The molecule has 0 fully saturated rings. The smallest absolute Gasteiger partial charge is 0.112 e. The number of rotatable bonds is 3. The van der Waals surface area contributed by atoms with E-state index in [1.54, 1.807) is 6.08 Å². The van der Waals surface area contributed by atoms with Crippen molar-refractivity contribution in [3.05, 3.63) is 71.8 Å². The van der Waals surface area contributed by atoms with Crippen molar-refractivity contribution in [1.29, 1.82) is 0 Å². The number of aliphatic hydroxyl groups is 1. The van der Waals surface area contributed by atoms with Gasteiger partial charge in [0.05, 0.1) is 0 Å². The Morgan fingerprint density at radius 2 is 1.64 bits per heavy atom. The first kappa shape index (κ1) is 19.5. The SMILES string of the molecule is C=Cc1cc(C(C)(C)C)ccc1C1=CC=C(C(C)(C)C)CC1(O)C=C. The molecule has 25 heavy (non-hydrogen) atoms. The minimum absolute atomic E-state index is 0.0242. The highest BCUT2D eigenvalue weighted by Gasteiger charge is 2.36. The van der Waals surface area contributed by atoms with E-state index in [0.717, 1.165) is 16.7 Å². The van der Waals surface area contributed by atoms with E-state index >= 15 is 0 Å². The van der Waals surface area contributed by atoms with Crippen molar-refractivity contribution in [2.75, 3.05) is 0 Å². The summed E-state index contributed by atoms with van der Waals surface area (Å²) in [6.45, 7) is 21.0. The molecule has 0 bridgehead atoms. The van der Waals surface area contributed by atoms with Crippen molar-refractivity contribution in [2.24, 2.45) is 5.41 Å². The third-order valence-electron chi connectivity index (χ3n) is 5.11. The zero-order valence-electron chi connectivity index (χ0n) is 16.6. The third kappa shape index (κ3) is 3.88. The Hall–Kier alpha value is -1.86. The molecule has 1 aromatic rings. The van der Waals surface area contributed by atoms with Crippen LogP contribution in [0.4, 0.5) is 0 Å². The van der Waals surface area contributed by atoms with E-state index in [2.05, 4.69) is 79.0 Å². The summed E-state index contributed by atoms with van der Waals surface area (Å²) < 4.78 is 0. The van der Waals surface area contributed by atoms with E-state index in [0.29, 0.717) is 6.42 Å². The van der Waals surface area contributed by atoms with E-state index in [1.807, 2.05) is 12.2 Å². The van der Waals surface area contributed by atoms with Gasteiger partial charge in [-0.25, -0.2) is 0 Å². The monoisotopic (exact) mass is 336 g/mol. The Morgan fingerprint density at radius 3 is 2.12 bits per heavy atom. The van der Waals surface area contributed by atoms with Gasteiger partial charge in [-0.1, -0.05) is 103 Å². The van der Waals surface area contributed by atoms with Crippen LogP contribution < -0.4 is 0 Å². The normalized spacial score (nSPS) is 21.4. The average molecular weight is 337 g/mol. The Balaban J connectivity index is 2.63. The van der Waals surface area contributed by atoms with Crippen LogP contribution in [0.1, 0.15) is 64.7 Å². The van der Waals surface area contributed by atoms with Crippen LogP contribution in [0, 0.1) is 5.41 Å². The summed E-state index contributed by atoms with van der Waals surface area (Å²) in [5.74, 6) is 0. The van der Waals surface area contributed by atoms with Gasteiger partial charge in [0, 0.05) is 6.42 Å². The van der Waals surface area contributed by atoms with Crippen LogP contribution in [-0.2, 0) is 5.41 Å². The second-order valence-corrected chi connectivity index (χ2v) is 9.08. The maximum atomic E-state index is 11.3. The van der Waals surface area contributed by atoms with Crippen molar-refractivity contribution in [1.82, 2.24) is 0 Å². The maximum Gasteiger partial charge on any atom is 0.112 e. The predicted molar refractivity (Wildman–Crippen MR) is 111 cm³/mol. The van der Waals surface area contributed by atoms with Crippen molar-refractivity contribution < 1.29 is 5.11 Å². The van der Waals surface area contributed by atoms with E-state index in [4.69, 9.17) is 0 Å². The molecule has 1 heteroatoms. The summed E-state index contributed by atoms with van der Waals surface area (Å²) >= 11 is 0. The van der Waals surface area contributed by atoms with E-state index in [-0.39, 0.29) is 10.8 Å². The van der Waals surface area contributed by atoms with Crippen molar-refractivity contribution in [2.45, 2.75) is 59.0 Å². The fourth-order valence-electron chi connectivity index (χ4n) is 3.24. The lowest BCUT2D eigenvalue weighted by atomic mass is 9.71. The standard InChI is InChI=1S/C24H32O/c1-9-17-15-18(22(3,4)5)11-13-20(17)21-14-12-19(23(6,7)8)16-24(21,25)10-2/h9-15,25H,1-2,16H2,3-8H3. The van der Waals surface area contributed by atoms with Gasteiger partial charge in [-0.2, -0.15) is 0 Å². The molecule has 1 aliphatic carbocycles. The summed E-state index contributed by atoms with van der Waals surface area (Å²) in [4.78, 5) is 0. The molecule has 0 amide bonds. The third-order valence-corrected chi connectivity index (χ3v) is 5.11. The fraction of sp³-hybridized carbons (Fsp3) is 0.417. The summed E-state index contributed by atoms with van der Waals surface area (Å²) in [5.41, 5.74) is 4.49. The number of hydrogen-bond acceptors (Lipinski definition) is 1. The molecule has 1 unspecified atom stereocenters. The molecule has 1 nitrogen and oxygen atoms in total. The number of allylic oxidation sites excluding steroid dienone is 2. The number of hydrogen-bond donors (Lipinski definition) is 1. The van der Waals surface area contributed by atoms with Gasteiger partial charge >= 0.3 is 0 Å². The highest BCUT2D eigenvalue weighted by molar-refractivity contribution is 5.82. The average Bonchev–Trinajstić information content (AvgIpc) is 2.52. The molecule has 0 saturated heterocycles. The summed E-state index contributed by atoms with van der Waals surface area (Å²) in [7, 11) is 0. The van der Waals surface area contributed by atoms with Gasteiger partial charge in [-0.15, -0.1) is 0 Å². The van der Waals surface area contributed by atoms with Gasteiger partial charge in [-0.05, 0) is 33.1 Å². The first-order chi connectivity index (χ1) is 11.4. The van der Waals surface area contributed by atoms with Gasteiger partial charge in [0.15, 0.2) is 0 Å². The van der Waals surface area contributed by atoms with Crippen LogP contribution in [0.15, 0.2) is 55.2 Å². The molecule has 1 atom stereocenters. The molecule has 0 aliphatic heterocycles. The molecule has 0 saturated carbocycles. The second-order valence-electron chi connectivity index (χ2n) is 9.08. The molecule has 1 aromatic carbocycles. The highest BCUT2D eigenvalue weighted by atomic mass is 16.3. The maximum absolute atomic E-state index is 11.3. The lowest BCUT2D eigenvalue weighted by Crippen LogP contribution is -2.33. The molecule has 1 N–H and O–H groups in total. The van der Waals surface area contributed by atoms with E-state index < -0.39 is 5.60 Å². The Kier molecular flexibility index (Phi) is 5.03. The zero-order valence-corrected chi connectivity index (χ0v) is 16.6. The molecule has 0 radical (unpaired) electrons. The van der Waals surface area contributed by atoms with Crippen LogP contribution in [-0.4, -0.2) is 10.7 Å². The van der Waals surface area contributed by atoms with Crippen molar-refractivity contribution in [3.8, 4) is 0 Å². The summed E-state index contributed by atoms with van der Waals surface area (Å²) in [6.07, 6.45) is 8.31. The van der Waals surface area contributed by atoms with Crippen molar-refractivity contribution in [3.63, 3.8) is 0 Å². The largest absolute Gasteiger partial charge is 0.381 e. The highest BCUT2D eigenvalue weighted by Crippen LogP contribution is 2.43. The Bertz CT molecular complexity index is 747. The first-order valence-corrected chi connectivity index (χ1v) is 8.97. The fourth-order valence-corrected chi connectivity index (χ4v) is 3.24. The quantitative estimate of drug-likeness (QED) is 0.642. The predicted octanol–water partition coefficient (Wildman–Crippen LogP) is 6.30. The molecular weight excluding hydrogens is 304 g/mol. The van der Waals surface area contributed by atoms with Gasteiger partial charge in [0.2, 0.25) is 0 Å². The molecular formula is C24H32O. The Morgan fingerprint density at radius 1 is 1.00 bits per heavy atom. The molecule has 2 rings (SSSR count). The topological polar surface area (TPSA) is 20.2 Å². The van der Waals surface area contributed by atoms with Gasteiger partial charge in [-0.3, -0.25) is 0 Å². The number of benzene rings is 1. The Labute approximate surface area is 153 Å². The molecule has 134 valence electrons. The van der Waals surface area contributed by atoms with Gasteiger partial charge in [0.25, 0.3) is 0 Å². The lowest BCUT2D eigenvalue weighted by Gasteiger charge is -2.37. The van der Waals surface area contributed by atoms with Crippen LogP contribution >= 0.6 is 0 Å². The minimum Gasteiger partial charge on any atom is -0.381 e. The van der Waals surface area contributed by atoms with E-state index in [1.165, 1.54) is 11.1 Å². The minimum atomic E-state index is -1.06. The van der Waals surface area contributed by atoms with Crippen molar-refractivity contribution >= 4 is 11.6 Å². The zero-order chi connectivity index (χ0) is 19.0. The molecule has 1 aliphatic rings. The van der Waals surface area contributed by atoms with Crippen LogP contribution in [0.3, 0.4) is 0 Å². The van der Waals surface area contributed by atoms with Gasteiger partial charge in [0.1, 0.15) is 5.60 Å². The van der Waals surface area contributed by atoms with Crippen LogP contribution in [0.5, 0.6) is 0 Å². The first-order valence-electron chi connectivity index (χ1n) is 8.97. The molecule has 0 heterocycles. The summed E-state index contributed by atoms with van der Waals surface area (Å²) in [5, 5.41) is 11.3. The lowest BCUT2D eigenvalue weighted by molar-refractivity contribution is 0.145. The summed E-state index contributed by atoms with van der Waals surface area (Å²) in [6, 6.07) is 6.43. The molecule has 0 spiro atoms. The van der Waals surface area contributed by atoms with Gasteiger partial charge < -0.3 is 5.11 Å². The van der Waals surface area contributed by atoms with E-state index in [9.17, 15) is 5.11 Å².